The highest BCUT2D eigenvalue weighted by atomic mass is 16.5. The number of benzene rings is 1. The first kappa shape index (κ1) is 18.4. The molecular weight excluding hydrogens is 352 g/mol. The molecular formula is C18H20N4O5. The van der Waals surface area contributed by atoms with Gasteiger partial charge >= 0.3 is 5.97 Å². The normalized spacial score (nSPS) is 10.7. The zero-order valence-corrected chi connectivity index (χ0v) is 15.5. The second kappa shape index (κ2) is 7.90. The Labute approximate surface area is 155 Å². The van der Waals surface area contributed by atoms with Gasteiger partial charge < -0.3 is 24.1 Å². The van der Waals surface area contributed by atoms with Crippen LogP contribution in [0.5, 0.6) is 11.5 Å². The fourth-order valence-electron chi connectivity index (χ4n) is 2.63. The number of carbonyl (C=O) groups is 1. The summed E-state index contributed by atoms with van der Waals surface area (Å²) in [7, 11) is 3.19. The molecule has 0 saturated carbocycles. The molecule has 9 nitrogen and oxygen atoms in total. The number of nitrogens with zero attached hydrogens (tertiary/aromatic N) is 3. The minimum atomic E-state index is -0.592. The molecule has 9 heteroatoms. The molecule has 3 aromatic rings. The first-order chi connectivity index (χ1) is 13.1. The van der Waals surface area contributed by atoms with Crippen molar-refractivity contribution in [2.45, 2.75) is 20.4 Å². The molecule has 0 spiro atoms. The van der Waals surface area contributed by atoms with Gasteiger partial charge in [-0.2, -0.15) is 4.98 Å². The van der Waals surface area contributed by atoms with Crippen LogP contribution in [0.3, 0.4) is 0 Å². The molecule has 0 aliphatic heterocycles. The number of hydrogen-bond donors (Lipinski definition) is 1. The smallest absolute Gasteiger partial charge is 0.361 e. The number of methoxy groups -OCH3 is 2. The average molecular weight is 372 g/mol. The number of rotatable bonds is 7. The minimum Gasteiger partial charge on any atom is -0.497 e. The van der Waals surface area contributed by atoms with E-state index in [9.17, 15) is 4.79 Å². The molecule has 2 aromatic heterocycles. The van der Waals surface area contributed by atoms with Crippen molar-refractivity contribution in [3.8, 4) is 11.5 Å². The third-order valence-electron chi connectivity index (χ3n) is 3.85. The summed E-state index contributed by atoms with van der Waals surface area (Å²) in [6, 6.07) is 5.49. The Morgan fingerprint density at radius 2 is 2.04 bits per heavy atom. The zero-order valence-electron chi connectivity index (χ0n) is 15.5. The van der Waals surface area contributed by atoms with E-state index in [1.54, 1.807) is 28.1 Å². The van der Waals surface area contributed by atoms with Crippen LogP contribution in [0.25, 0.3) is 11.1 Å². The molecule has 0 radical (unpaired) electrons. The van der Waals surface area contributed by atoms with Crippen molar-refractivity contribution < 1.29 is 23.5 Å². The van der Waals surface area contributed by atoms with Crippen molar-refractivity contribution in [3.05, 3.63) is 35.3 Å². The summed E-state index contributed by atoms with van der Waals surface area (Å²) in [4.78, 5) is 20.7. The van der Waals surface area contributed by atoms with Gasteiger partial charge in [0.15, 0.2) is 0 Å². The molecule has 2 heterocycles. The number of ether oxygens (including phenoxy) is 3. The summed E-state index contributed by atoms with van der Waals surface area (Å²) in [6.45, 7) is 4.04. The molecule has 0 fully saturated rings. The second-order valence-corrected chi connectivity index (χ2v) is 5.58. The number of anilines is 1. The summed E-state index contributed by atoms with van der Waals surface area (Å²) in [5.41, 5.74) is 1.10. The summed E-state index contributed by atoms with van der Waals surface area (Å²) in [6.07, 6.45) is 0. The molecule has 0 unspecified atom stereocenters. The van der Waals surface area contributed by atoms with E-state index < -0.39 is 5.97 Å². The summed E-state index contributed by atoms with van der Waals surface area (Å²) in [5, 5.41) is 7.37. The predicted octanol–water partition coefficient (Wildman–Crippen LogP) is 2.73. The highest BCUT2D eigenvalue weighted by molar-refractivity contribution is 6.04. The van der Waals surface area contributed by atoms with Crippen molar-refractivity contribution in [1.29, 1.82) is 0 Å². The summed E-state index contributed by atoms with van der Waals surface area (Å²) in [5.74, 6) is 1.71. The van der Waals surface area contributed by atoms with Gasteiger partial charge in [0.05, 0.1) is 20.8 Å². The Kier molecular flexibility index (Phi) is 5.39. The predicted molar refractivity (Wildman–Crippen MR) is 97.2 cm³/mol. The van der Waals surface area contributed by atoms with E-state index in [-0.39, 0.29) is 18.0 Å². The molecule has 1 N–H and O–H groups in total. The maximum atomic E-state index is 12.2. The van der Waals surface area contributed by atoms with E-state index in [4.69, 9.17) is 18.7 Å². The van der Waals surface area contributed by atoms with Crippen molar-refractivity contribution in [1.82, 2.24) is 15.1 Å². The lowest BCUT2D eigenvalue weighted by Crippen LogP contribution is -2.09. The van der Waals surface area contributed by atoms with Crippen LogP contribution < -0.4 is 14.8 Å². The van der Waals surface area contributed by atoms with Crippen molar-refractivity contribution in [2.75, 3.05) is 26.1 Å². The van der Waals surface area contributed by atoms with Crippen molar-refractivity contribution in [3.63, 3.8) is 0 Å². The number of nitrogens with one attached hydrogen (secondary N) is 1. The Balaban J connectivity index is 1.97. The lowest BCUT2D eigenvalue weighted by atomic mass is 10.2. The third-order valence-corrected chi connectivity index (χ3v) is 3.85. The Hall–Kier alpha value is -3.36. The Bertz CT molecular complexity index is 970. The first-order valence-electron chi connectivity index (χ1n) is 8.33. The van der Waals surface area contributed by atoms with Crippen LogP contribution in [0.2, 0.25) is 0 Å². The van der Waals surface area contributed by atoms with Gasteiger partial charge in [-0.15, -0.1) is 0 Å². The van der Waals surface area contributed by atoms with E-state index in [1.807, 2.05) is 18.2 Å². The number of hydrogen-bond acceptors (Lipinski definition) is 9. The third kappa shape index (κ3) is 3.76. The molecule has 0 saturated heterocycles. The quantitative estimate of drug-likeness (QED) is 0.626. The number of carbonyl (C=O) groups excluding carboxylic acids is 1. The number of fused-ring (bicyclic) bond motifs is 1. The standard InChI is InChI=1S/C18H20N4O5/c1-5-26-18(23)15-14-16(20-10(2)21-17(14)27-22-15)19-9-11-8-12(24-3)6-7-13(11)25-4/h6-8H,5,9H2,1-4H3,(H,19,20,21). The molecule has 27 heavy (non-hydrogen) atoms. The average Bonchev–Trinajstić information content (AvgIpc) is 3.09. The van der Waals surface area contributed by atoms with Gasteiger partial charge in [-0.25, -0.2) is 9.78 Å². The lowest BCUT2D eigenvalue weighted by molar-refractivity contribution is 0.0517. The fraction of sp³-hybridized carbons (Fsp3) is 0.333. The molecule has 142 valence electrons. The van der Waals surface area contributed by atoms with Crippen LogP contribution in [0, 0.1) is 6.92 Å². The van der Waals surface area contributed by atoms with Crippen LogP contribution in [0.1, 0.15) is 28.8 Å². The van der Waals surface area contributed by atoms with Crippen molar-refractivity contribution >= 4 is 22.9 Å². The molecule has 0 aliphatic rings. The van der Waals surface area contributed by atoms with E-state index in [0.29, 0.717) is 35.1 Å². The maximum absolute atomic E-state index is 12.2. The molecule has 0 amide bonds. The molecule has 0 atom stereocenters. The molecule has 1 aromatic carbocycles. The zero-order chi connectivity index (χ0) is 19.4. The lowest BCUT2D eigenvalue weighted by Gasteiger charge is -2.12. The van der Waals surface area contributed by atoms with Crippen molar-refractivity contribution in [2.24, 2.45) is 0 Å². The topological polar surface area (TPSA) is 109 Å². The van der Waals surface area contributed by atoms with Crippen LogP contribution in [0.15, 0.2) is 22.7 Å². The van der Waals surface area contributed by atoms with Gasteiger partial charge in [0.25, 0.3) is 5.71 Å². The number of aromatic nitrogens is 3. The van der Waals surface area contributed by atoms with Crippen LogP contribution in [-0.2, 0) is 11.3 Å². The van der Waals surface area contributed by atoms with Gasteiger partial charge in [-0.05, 0) is 32.0 Å². The largest absolute Gasteiger partial charge is 0.497 e. The molecule has 0 aliphatic carbocycles. The van der Waals surface area contributed by atoms with Gasteiger partial charge in [-0.1, -0.05) is 5.16 Å². The Morgan fingerprint density at radius 1 is 1.22 bits per heavy atom. The summed E-state index contributed by atoms with van der Waals surface area (Å²) >= 11 is 0. The SMILES string of the molecule is CCOC(=O)c1noc2nc(C)nc(NCc3cc(OC)ccc3OC)c12. The van der Waals surface area contributed by atoms with Gasteiger partial charge in [0, 0.05) is 12.1 Å². The van der Waals surface area contributed by atoms with Gasteiger partial charge in [-0.3, -0.25) is 0 Å². The molecule has 0 bridgehead atoms. The van der Waals surface area contributed by atoms with Crippen LogP contribution >= 0.6 is 0 Å². The summed E-state index contributed by atoms with van der Waals surface area (Å²) < 4.78 is 20.9. The maximum Gasteiger partial charge on any atom is 0.361 e. The van der Waals surface area contributed by atoms with Crippen LogP contribution in [0.4, 0.5) is 5.82 Å². The number of esters is 1. The highest BCUT2D eigenvalue weighted by Gasteiger charge is 2.23. The minimum absolute atomic E-state index is 0.0342. The highest BCUT2D eigenvalue weighted by Crippen LogP contribution is 2.28. The van der Waals surface area contributed by atoms with E-state index in [1.165, 1.54) is 0 Å². The fourth-order valence-corrected chi connectivity index (χ4v) is 2.63. The second-order valence-electron chi connectivity index (χ2n) is 5.58. The van der Waals surface area contributed by atoms with Crippen LogP contribution in [-0.4, -0.2) is 41.9 Å². The van der Waals surface area contributed by atoms with E-state index in [2.05, 4.69) is 20.4 Å². The van der Waals surface area contributed by atoms with E-state index in [0.717, 1.165) is 5.56 Å². The Morgan fingerprint density at radius 3 is 2.74 bits per heavy atom. The van der Waals surface area contributed by atoms with Gasteiger partial charge in [0.1, 0.15) is 28.5 Å². The number of aryl methyl sites for hydroxylation is 1. The molecule has 3 rings (SSSR count). The monoisotopic (exact) mass is 372 g/mol. The van der Waals surface area contributed by atoms with Gasteiger partial charge in [0.2, 0.25) is 5.69 Å². The first-order valence-corrected chi connectivity index (χ1v) is 8.33. The van der Waals surface area contributed by atoms with E-state index >= 15 is 0 Å².